The molecule has 1 heterocycles. The maximum Gasteiger partial charge on any atom is 0.280 e. The number of ether oxygens (including phenoxy) is 2. The Labute approximate surface area is 172 Å². The van der Waals surface area contributed by atoms with Gasteiger partial charge in [0.15, 0.2) is 26.1 Å². The molecule has 0 spiro atoms. The first kappa shape index (κ1) is 20.8. The molecule has 3 aromatic rings. The van der Waals surface area contributed by atoms with Crippen LogP contribution in [0.5, 0.6) is 11.5 Å². The highest BCUT2D eigenvalue weighted by atomic mass is 32.2. The third-order valence-corrected chi connectivity index (χ3v) is 6.41. The fourth-order valence-electron chi connectivity index (χ4n) is 2.90. The quantitative estimate of drug-likeness (QED) is 0.559. The van der Waals surface area contributed by atoms with Gasteiger partial charge >= 0.3 is 0 Å². The minimum absolute atomic E-state index is 0.0350. The average molecular weight is 433 g/mol. The minimum atomic E-state index is -3.57. The molecule has 1 aromatic heterocycles. The van der Waals surface area contributed by atoms with Gasteiger partial charge in [-0.3, -0.25) is 4.79 Å². The second kappa shape index (κ2) is 8.22. The Kier molecular flexibility index (Phi) is 5.90. The number of carbonyl (C=O) groups is 1. The van der Waals surface area contributed by atoms with E-state index in [9.17, 15) is 13.2 Å². The van der Waals surface area contributed by atoms with Crippen LogP contribution >= 0.6 is 11.3 Å². The van der Waals surface area contributed by atoms with Crippen LogP contribution in [-0.4, -0.2) is 39.4 Å². The highest BCUT2D eigenvalue weighted by Crippen LogP contribution is 2.33. The third-order valence-electron chi connectivity index (χ3n) is 4.21. The van der Waals surface area contributed by atoms with E-state index in [4.69, 9.17) is 9.47 Å². The van der Waals surface area contributed by atoms with Gasteiger partial charge in [0, 0.05) is 24.9 Å². The first-order valence-electron chi connectivity index (χ1n) is 8.54. The molecule has 0 saturated carbocycles. The summed E-state index contributed by atoms with van der Waals surface area (Å²) in [5, 5.41) is 0. The highest BCUT2D eigenvalue weighted by Gasteiger charge is 2.19. The summed E-state index contributed by atoms with van der Waals surface area (Å²) in [4.78, 5) is 17.4. The number of allylic oxidation sites excluding steroid dienone is 1. The molecule has 0 bridgehead atoms. The molecule has 0 N–H and O–H groups in total. The summed E-state index contributed by atoms with van der Waals surface area (Å²) < 4.78 is 37.4. The van der Waals surface area contributed by atoms with E-state index in [1.54, 1.807) is 32.4 Å². The van der Waals surface area contributed by atoms with Gasteiger partial charge in [0.05, 0.1) is 34.9 Å². The van der Waals surface area contributed by atoms with Crippen molar-refractivity contribution in [1.29, 1.82) is 0 Å². The Balaban J connectivity index is 2.24. The Morgan fingerprint density at radius 2 is 1.86 bits per heavy atom. The Bertz CT molecular complexity index is 1270. The van der Waals surface area contributed by atoms with E-state index < -0.39 is 15.7 Å². The van der Waals surface area contributed by atoms with Crippen molar-refractivity contribution in [3.05, 3.63) is 59.4 Å². The second-order valence-corrected chi connectivity index (χ2v) is 9.14. The zero-order chi connectivity index (χ0) is 21.2. The number of aromatic nitrogens is 1. The predicted molar refractivity (Wildman–Crippen MR) is 113 cm³/mol. The lowest BCUT2D eigenvalue weighted by molar-refractivity contribution is 0.0994. The molecule has 0 saturated heterocycles. The standard InChI is InChI=1S/C20H20N2O5S2/c1-5-10-22-14-11-15(26-2)16(27-3)12-17(14)28-20(22)21-19(23)13-8-6-7-9-18(13)29(4,24)25/h5-9,11-12H,1,10H2,2-4H3. The van der Waals surface area contributed by atoms with Crippen LogP contribution in [0.4, 0.5) is 0 Å². The van der Waals surface area contributed by atoms with Crippen LogP contribution in [-0.2, 0) is 16.4 Å². The van der Waals surface area contributed by atoms with Gasteiger partial charge in [-0.1, -0.05) is 29.5 Å². The molecule has 0 unspecified atom stereocenters. The fraction of sp³-hybridized carbons (Fsp3) is 0.200. The maximum atomic E-state index is 12.8. The van der Waals surface area contributed by atoms with Crippen LogP contribution in [0.1, 0.15) is 10.4 Å². The van der Waals surface area contributed by atoms with E-state index in [-0.39, 0.29) is 10.5 Å². The first-order valence-corrected chi connectivity index (χ1v) is 11.2. The maximum absolute atomic E-state index is 12.8. The summed E-state index contributed by atoms with van der Waals surface area (Å²) in [6.45, 7) is 4.18. The molecule has 3 rings (SSSR count). The Morgan fingerprint density at radius 3 is 2.48 bits per heavy atom. The lowest BCUT2D eigenvalue weighted by Gasteiger charge is -2.08. The zero-order valence-electron chi connectivity index (χ0n) is 16.2. The van der Waals surface area contributed by atoms with Gasteiger partial charge in [0.2, 0.25) is 0 Å². The molecule has 0 aliphatic heterocycles. The second-order valence-electron chi connectivity index (χ2n) is 6.14. The monoisotopic (exact) mass is 432 g/mol. The van der Waals surface area contributed by atoms with Crippen LogP contribution < -0.4 is 14.3 Å². The van der Waals surface area contributed by atoms with Crippen LogP contribution in [0, 0.1) is 0 Å². The van der Waals surface area contributed by atoms with Crippen molar-refractivity contribution in [3.63, 3.8) is 0 Å². The normalized spacial score (nSPS) is 12.2. The number of hydrogen-bond acceptors (Lipinski definition) is 6. The van der Waals surface area contributed by atoms with Crippen molar-refractivity contribution < 1.29 is 22.7 Å². The van der Waals surface area contributed by atoms with Crippen LogP contribution in [0.2, 0.25) is 0 Å². The van der Waals surface area contributed by atoms with E-state index >= 15 is 0 Å². The van der Waals surface area contributed by atoms with Gasteiger partial charge in [-0.2, -0.15) is 4.99 Å². The lowest BCUT2D eigenvalue weighted by atomic mass is 10.2. The van der Waals surface area contributed by atoms with Crippen molar-refractivity contribution in [2.45, 2.75) is 11.4 Å². The number of benzene rings is 2. The van der Waals surface area contributed by atoms with Crippen molar-refractivity contribution in [3.8, 4) is 11.5 Å². The molecular formula is C20H20N2O5S2. The van der Waals surface area contributed by atoms with E-state index in [0.717, 1.165) is 16.5 Å². The van der Waals surface area contributed by atoms with E-state index in [0.29, 0.717) is 22.8 Å². The summed E-state index contributed by atoms with van der Waals surface area (Å²) in [5.74, 6) is 0.484. The number of carbonyl (C=O) groups excluding carboxylic acids is 1. The summed E-state index contributed by atoms with van der Waals surface area (Å²) >= 11 is 1.29. The minimum Gasteiger partial charge on any atom is -0.493 e. The molecule has 0 aliphatic rings. The summed E-state index contributed by atoms with van der Waals surface area (Å²) in [6, 6.07) is 9.66. The number of nitrogens with zero attached hydrogens (tertiary/aromatic N) is 2. The molecule has 0 fully saturated rings. The molecule has 1 amide bonds. The fourth-order valence-corrected chi connectivity index (χ4v) is 4.83. The van der Waals surface area contributed by atoms with E-state index in [1.165, 1.54) is 23.5 Å². The number of fused-ring (bicyclic) bond motifs is 1. The number of rotatable bonds is 6. The number of amides is 1. The highest BCUT2D eigenvalue weighted by molar-refractivity contribution is 7.90. The largest absolute Gasteiger partial charge is 0.493 e. The summed E-state index contributed by atoms with van der Waals surface area (Å²) in [5.41, 5.74) is 0.836. The zero-order valence-corrected chi connectivity index (χ0v) is 17.8. The van der Waals surface area contributed by atoms with Crippen molar-refractivity contribution in [2.24, 2.45) is 4.99 Å². The van der Waals surface area contributed by atoms with Gasteiger partial charge in [-0.25, -0.2) is 8.42 Å². The molecule has 152 valence electrons. The van der Waals surface area contributed by atoms with Crippen molar-refractivity contribution in [2.75, 3.05) is 20.5 Å². The average Bonchev–Trinajstić information content (AvgIpc) is 3.02. The van der Waals surface area contributed by atoms with Crippen LogP contribution in [0.3, 0.4) is 0 Å². The number of sulfone groups is 1. The molecule has 2 aromatic carbocycles. The topological polar surface area (TPSA) is 87.0 Å². The molecule has 0 atom stereocenters. The summed E-state index contributed by atoms with van der Waals surface area (Å²) in [6.07, 6.45) is 2.76. The number of thiazole rings is 1. The SMILES string of the molecule is C=CCn1c(=NC(=O)c2ccccc2S(C)(=O)=O)sc2cc(OC)c(OC)cc21. The molecule has 0 radical (unpaired) electrons. The summed E-state index contributed by atoms with van der Waals surface area (Å²) in [7, 11) is -0.473. The number of methoxy groups -OCH3 is 2. The number of hydrogen-bond donors (Lipinski definition) is 0. The predicted octanol–water partition coefficient (Wildman–Crippen LogP) is 3.05. The van der Waals surface area contributed by atoms with Crippen LogP contribution in [0.15, 0.2) is 58.9 Å². The Morgan fingerprint density at radius 1 is 1.21 bits per heavy atom. The van der Waals surface area contributed by atoms with Crippen molar-refractivity contribution >= 4 is 37.3 Å². The third kappa shape index (κ3) is 4.10. The van der Waals surface area contributed by atoms with Gasteiger partial charge < -0.3 is 14.0 Å². The molecule has 7 nitrogen and oxygen atoms in total. The van der Waals surface area contributed by atoms with Gasteiger partial charge in [0.25, 0.3) is 5.91 Å². The van der Waals surface area contributed by atoms with E-state index in [1.807, 2.05) is 16.7 Å². The van der Waals surface area contributed by atoms with Crippen LogP contribution in [0.25, 0.3) is 10.2 Å². The molecular weight excluding hydrogens is 412 g/mol. The van der Waals surface area contributed by atoms with Crippen molar-refractivity contribution in [1.82, 2.24) is 4.57 Å². The van der Waals surface area contributed by atoms with Gasteiger partial charge in [0.1, 0.15) is 0 Å². The molecule has 9 heteroatoms. The van der Waals surface area contributed by atoms with E-state index in [2.05, 4.69) is 11.6 Å². The Hall–Kier alpha value is -2.91. The smallest absolute Gasteiger partial charge is 0.280 e. The van der Waals surface area contributed by atoms with Gasteiger partial charge in [-0.05, 0) is 12.1 Å². The molecule has 0 aliphatic carbocycles. The first-order chi connectivity index (χ1) is 13.8. The lowest BCUT2D eigenvalue weighted by Crippen LogP contribution is -2.17. The van der Waals surface area contributed by atoms with Gasteiger partial charge in [-0.15, -0.1) is 6.58 Å². The molecule has 29 heavy (non-hydrogen) atoms.